The van der Waals surface area contributed by atoms with Crippen LogP contribution in [0, 0.1) is 5.82 Å². The number of hydrogen-bond donors (Lipinski definition) is 1. The molecule has 0 fully saturated rings. The van der Waals surface area contributed by atoms with Crippen molar-refractivity contribution >= 4 is 35.0 Å². The first kappa shape index (κ1) is 19.1. The number of hydrogen-bond acceptors (Lipinski definition) is 5. The first-order valence-corrected chi connectivity index (χ1v) is 9.85. The number of anilines is 2. The Hall–Kier alpha value is -3.20. The highest BCUT2D eigenvalue weighted by Gasteiger charge is 2.31. The van der Waals surface area contributed by atoms with Crippen molar-refractivity contribution in [3.05, 3.63) is 54.3 Å². The van der Waals surface area contributed by atoms with Gasteiger partial charge in [0.2, 0.25) is 11.8 Å². The van der Waals surface area contributed by atoms with Crippen LogP contribution in [-0.2, 0) is 16.6 Å². The quantitative estimate of drug-likeness (QED) is 0.668. The number of nitrogens with one attached hydrogen (secondary N) is 1. The average molecular weight is 411 g/mol. The van der Waals surface area contributed by atoms with Crippen LogP contribution in [0.2, 0.25) is 0 Å². The van der Waals surface area contributed by atoms with Crippen LogP contribution < -0.4 is 10.2 Å². The Kier molecular flexibility index (Phi) is 5.06. The van der Waals surface area contributed by atoms with Gasteiger partial charge in [-0.25, -0.2) is 4.39 Å². The number of benzene rings is 2. The number of carbonyl (C=O) groups is 2. The normalized spacial score (nSPS) is 14.3. The third-order valence-electron chi connectivity index (χ3n) is 4.62. The molecule has 1 atom stereocenters. The SMILES string of the molecule is C[C@H](Sc1nnc(-c2ccccc2F)n1C)C(=O)N1CC(=O)Nc2ccccc21. The highest BCUT2D eigenvalue weighted by atomic mass is 32.2. The van der Waals surface area contributed by atoms with E-state index in [0.717, 1.165) is 0 Å². The van der Waals surface area contributed by atoms with E-state index < -0.39 is 5.25 Å². The molecule has 0 bridgehead atoms. The number of halogens is 1. The summed E-state index contributed by atoms with van der Waals surface area (Å²) < 4.78 is 15.7. The largest absolute Gasteiger partial charge is 0.323 e. The van der Waals surface area contributed by atoms with Gasteiger partial charge in [-0.3, -0.25) is 14.5 Å². The number of carbonyl (C=O) groups excluding carboxylic acids is 2. The van der Waals surface area contributed by atoms with E-state index in [1.165, 1.54) is 22.7 Å². The molecule has 0 aliphatic carbocycles. The number of aromatic nitrogens is 3. The second-order valence-electron chi connectivity index (χ2n) is 6.59. The van der Waals surface area contributed by atoms with E-state index >= 15 is 0 Å². The lowest BCUT2D eigenvalue weighted by molar-refractivity contribution is -0.121. The van der Waals surface area contributed by atoms with Crippen LogP contribution in [0.3, 0.4) is 0 Å². The molecule has 0 saturated heterocycles. The van der Waals surface area contributed by atoms with E-state index in [4.69, 9.17) is 0 Å². The monoisotopic (exact) mass is 411 g/mol. The summed E-state index contributed by atoms with van der Waals surface area (Å²) >= 11 is 1.21. The lowest BCUT2D eigenvalue weighted by Crippen LogP contribution is -2.45. The van der Waals surface area contributed by atoms with E-state index in [2.05, 4.69) is 15.5 Å². The van der Waals surface area contributed by atoms with Crippen molar-refractivity contribution in [1.29, 1.82) is 0 Å². The molecular weight excluding hydrogens is 393 g/mol. The van der Waals surface area contributed by atoms with Gasteiger partial charge in [0.05, 0.1) is 22.2 Å². The van der Waals surface area contributed by atoms with Gasteiger partial charge in [0.15, 0.2) is 11.0 Å². The second kappa shape index (κ2) is 7.67. The number of nitrogens with zero attached hydrogens (tertiary/aromatic N) is 4. The average Bonchev–Trinajstić information content (AvgIpc) is 3.07. The molecule has 0 unspecified atom stereocenters. The molecule has 7 nitrogen and oxygen atoms in total. The predicted octanol–water partition coefficient (Wildman–Crippen LogP) is 3.09. The number of amides is 2. The van der Waals surface area contributed by atoms with Gasteiger partial charge in [0.25, 0.3) is 0 Å². The predicted molar refractivity (Wildman–Crippen MR) is 109 cm³/mol. The Labute approximate surface area is 170 Å². The summed E-state index contributed by atoms with van der Waals surface area (Å²) in [5.74, 6) is -0.463. The van der Waals surface area contributed by atoms with Gasteiger partial charge in [0.1, 0.15) is 12.4 Å². The Morgan fingerprint density at radius 3 is 2.69 bits per heavy atom. The molecular formula is C20H18FN5O2S. The molecule has 1 N–H and O–H groups in total. The molecule has 2 amide bonds. The Bertz CT molecular complexity index is 1100. The number of fused-ring (bicyclic) bond motifs is 1. The van der Waals surface area contributed by atoms with Crippen molar-refractivity contribution in [2.75, 3.05) is 16.8 Å². The molecule has 0 radical (unpaired) electrons. The maximum absolute atomic E-state index is 14.1. The van der Waals surface area contributed by atoms with Crippen molar-refractivity contribution in [2.45, 2.75) is 17.3 Å². The molecule has 0 saturated carbocycles. The molecule has 9 heteroatoms. The van der Waals surface area contributed by atoms with Crippen LogP contribution in [0.1, 0.15) is 6.92 Å². The van der Waals surface area contributed by atoms with Crippen molar-refractivity contribution in [3.8, 4) is 11.4 Å². The van der Waals surface area contributed by atoms with E-state index in [0.29, 0.717) is 27.9 Å². The minimum absolute atomic E-state index is 0.0416. The van der Waals surface area contributed by atoms with E-state index in [9.17, 15) is 14.0 Å². The second-order valence-corrected chi connectivity index (χ2v) is 7.90. The first-order chi connectivity index (χ1) is 14.0. The summed E-state index contributed by atoms with van der Waals surface area (Å²) in [6.45, 7) is 1.71. The molecule has 0 spiro atoms. The molecule has 148 valence electrons. The van der Waals surface area contributed by atoms with Crippen LogP contribution in [0.15, 0.2) is 53.7 Å². The molecule has 2 aromatic carbocycles. The minimum atomic E-state index is -0.523. The summed E-state index contributed by atoms with van der Waals surface area (Å²) in [7, 11) is 1.73. The van der Waals surface area contributed by atoms with Crippen LogP contribution in [-0.4, -0.2) is 38.4 Å². The van der Waals surface area contributed by atoms with Gasteiger partial charge >= 0.3 is 0 Å². The van der Waals surface area contributed by atoms with Crippen LogP contribution in [0.5, 0.6) is 0 Å². The zero-order valence-corrected chi connectivity index (χ0v) is 16.6. The standard InChI is InChI=1S/C20H18FN5O2S/c1-12(19(28)26-11-17(27)22-15-9-5-6-10-16(15)26)29-20-24-23-18(25(20)2)13-7-3-4-8-14(13)21/h3-10,12H,11H2,1-2H3,(H,22,27)/t12-/m0/s1. The number of rotatable bonds is 4. The van der Waals surface area contributed by atoms with Crippen LogP contribution in [0.4, 0.5) is 15.8 Å². The zero-order chi connectivity index (χ0) is 20.5. The van der Waals surface area contributed by atoms with Gasteiger partial charge in [0, 0.05) is 7.05 Å². The Balaban J connectivity index is 1.56. The highest BCUT2D eigenvalue weighted by molar-refractivity contribution is 8.00. The zero-order valence-electron chi connectivity index (χ0n) is 15.8. The summed E-state index contributed by atoms with van der Waals surface area (Å²) in [6.07, 6.45) is 0. The Morgan fingerprint density at radius 2 is 1.90 bits per heavy atom. The third kappa shape index (κ3) is 3.61. The van der Waals surface area contributed by atoms with E-state index in [1.807, 2.05) is 6.07 Å². The number of para-hydroxylation sites is 2. The lowest BCUT2D eigenvalue weighted by atomic mass is 10.2. The lowest BCUT2D eigenvalue weighted by Gasteiger charge is -2.30. The van der Waals surface area contributed by atoms with E-state index in [1.54, 1.807) is 54.9 Å². The van der Waals surface area contributed by atoms with Gasteiger partial charge in [-0.2, -0.15) is 0 Å². The summed E-state index contributed by atoms with van der Waals surface area (Å²) in [6, 6.07) is 13.5. The fraction of sp³-hybridized carbons (Fsp3) is 0.200. The minimum Gasteiger partial charge on any atom is -0.323 e. The van der Waals surface area contributed by atoms with Gasteiger partial charge < -0.3 is 9.88 Å². The van der Waals surface area contributed by atoms with Gasteiger partial charge in [-0.1, -0.05) is 36.0 Å². The molecule has 1 aliphatic heterocycles. The molecule has 1 aliphatic rings. The van der Waals surface area contributed by atoms with Crippen molar-refractivity contribution in [1.82, 2.24) is 14.8 Å². The molecule has 29 heavy (non-hydrogen) atoms. The smallest absolute Gasteiger partial charge is 0.244 e. The Morgan fingerprint density at radius 1 is 1.17 bits per heavy atom. The molecule has 2 heterocycles. The molecule has 4 rings (SSSR count). The maximum atomic E-state index is 14.1. The van der Waals surface area contributed by atoms with Crippen LogP contribution >= 0.6 is 11.8 Å². The summed E-state index contributed by atoms with van der Waals surface area (Å²) in [4.78, 5) is 26.5. The van der Waals surface area contributed by atoms with Gasteiger partial charge in [-0.05, 0) is 31.2 Å². The maximum Gasteiger partial charge on any atom is 0.244 e. The van der Waals surface area contributed by atoms with Crippen molar-refractivity contribution in [3.63, 3.8) is 0 Å². The van der Waals surface area contributed by atoms with Gasteiger partial charge in [-0.15, -0.1) is 10.2 Å². The molecule has 1 aromatic heterocycles. The fourth-order valence-electron chi connectivity index (χ4n) is 3.15. The first-order valence-electron chi connectivity index (χ1n) is 8.97. The van der Waals surface area contributed by atoms with Crippen molar-refractivity contribution < 1.29 is 14.0 Å². The van der Waals surface area contributed by atoms with E-state index in [-0.39, 0.29) is 24.2 Å². The van der Waals surface area contributed by atoms with Crippen LogP contribution in [0.25, 0.3) is 11.4 Å². The highest BCUT2D eigenvalue weighted by Crippen LogP contribution is 2.32. The molecule has 3 aromatic rings. The number of thioether (sulfide) groups is 1. The summed E-state index contributed by atoms with van der Waals surface area (Å²) in [5.41, 5.74) is 1.61. The third-order valence-corrected chi connectivity index (χ3v) is 5.74. The topological polar surface area (TPSA) is 80.1 Å². The summed E-state index contributed by atoms with van der Waals surface area (Å²) in [5, 5.41) is 10.9. The van der Waals surface area contributed by atoms with Crippen molar-refractivity contribution in [2.24, 2.45) is 7.05 Å². The fourth-order valence-corrected chi connectivity index (χ4v) is 4.03.